The number of hydrogen-bond acceptors (Lipinski definition) is 4. The van der Waals surface area contributed by atoms with E-state index in [4.69, 9.17) is 21.8 Å². The van der Waals surface area contributed by atoms with Gasteiger partial charge in [-0.15, -0.1) is 11.8 Å². The van der Waals surface area contributed by atoms with Crippen molar-refractivity contribution < 1.29 is 24.6 Å². The Kier molecular flexibility index (Phi) is 6.51. The van der Waals surface area contributed by atoms with Crippen LogP contribution in [0.2, 0.25) is 5.02 Å². The number of carboxylic acid groups (broad SMARTS) is 2. The van der Waals surface area contributed by atoms with Crippen LogP contribution in [0.3, 0.4) is 0 Å². The molecule has 0 bridgehead atoms. The Bertz CT molecular complexity index is 563. The molecule has 0 aliphatic rings. The standard InChI is InChI=1S/C13H14ClNO5S/c1-21-7-2-3-9(14)8(6-7)12(18)15-10(13(19)20)4-5-11(16)17/h2-3,6,10H,4-5H2,1H3,(H,15,18)(H,16,17)(H,19,20)/t10-/m1/s1. The van der Waals surface area contributed by atoms with Gasteiger partial charge in [-0.2, -0.15) is 0 Å². The van der Waals surface area contributed by atoms with Crippen molar-refractivity contribution in [3.8, 4) is 0 Å². The molecule has 1 atom stereocenters. The van der Waals surface area contributed by atoms with Gasteiger partial charge >= 0.3 is 11.9 Å². The number of thioether (sulfide) groups is 1. The van der Waals surface area contributed by atoms with Gasteiger partial charge in [-0.05, 0) is 30.9 Å². The van der Waals surface area contributed by atoms with Gasteiger partial charge in [0.25, 0.3) is 5.91 Å². The van der Waals surface area contributed by atoms with Crippen LogP contribution in [0, 0.1) is 0 Å². The fourth-order valence-electron chi connectivity index (χ4n) is 1.57. The summed E-state index contributed by atoms with van der Waals surface area (Å²) in [5, 5.41) is 20.1. The van der Waals surface area contributed by atoms with E-state index in [0.29, 0.717) is 0 Å². The lowest BCUT2D eigenvalue weighted by Crippen LogP contribution is -2.41. The van der Waals surface area contributed by atoms with Gasteiger partial charge in [0.15, 0.2) is 0 Å². The maximum atomic E-state index is 12.1. The lowest BCUT2D eigenvalue weighted by Gasteiger charge is -2.14. The normalized spacial score (nSPS) is 11.7. The molecular weight excluding hydrogens is 318 g/mol. The van der Waals surface area contributed by atoms with Crippen molar-refractivity contribution in [2.75, 3.05) is 6.26 Å². The van der Waals surface area contributed by atoms with Gasteiger partial charge in [0, 0.05) is 11.3 Å². The lowest BCUT2D eigenvalue weighted by atomic mass is 10.1. The summed E-state index contributed by atoms with van der Waals surface area (Å²) in [6.45, 7) is 0. The number of carbonyl (C=O) groups is 3. The van der Waals surface area contributed by atoms with Gasteiger partial charge < -0.3 is 15.5 Å². The van der Waals surface area contributed by atoms with Crippen LogP contribution in [0.25, 0.3) is 0 Å². The second-order valence-electron chi connectivity index (χ2n) is 4.14. The molecule has 0 aliphatic heterocycles. The van der Waals surface area contributed by atoms with E-state index in [0.717, 1.165) is 4.90 Å². The van der Waals surface area contributed by atoms with Gasteiger partial charge in [0.2, 0.25) is 0 Å². The molecule has 3 N–H and O–H groups in total. The Morgan fingerprint density at radius 1 is 1.33 bits per heavy atom. The van der Waals surface area contributed by atoms with Crippen molar-refractivity contribution >= 4 is 41.2 Å². The maximum absolute atomic E-state index is 12.1. The molecule has 0 aromatic heterocycles. The summed E-state index contributed by atoms with van der Waals surface area (Å²) in [6, 6.07) is 3.57. The zero-order valence-corrected chi connectivity index (χ0v) is 12.7. The minimum absolute atomic E-state index is 0.157. The number of nitrogens with one attached hydrogen (secondary N) is 1. The van der Waals surface area contributed by atoms with Crippen LogP contribution in [0.4, 0.5) is 0 Å². The number of aliphatic carboxylic acids is 2. The van der Waals surface area contributed by atoms with Crippen LogP contribution in [-0.4, -0.2) is 40.4 Å². The van der Waals surface area contributed by atoms with E-state index in [1.165, 1.54) is 11.8 Å². The predicted molar refractivity (Wildman–Crippen MR) is 79.0 cm³/mol. The van der Waals surface area contributed by atoms with Crippen molar-refractivity contribution in [1.29, 1.82) is 0 Å². The first kappa shape index (κ1) is 17.3. The Balaban J connectivity index is 2.86. The molecule has 21 heavy (non-hydrogen) atoms. The predicted octanol–water partition coefficient (Wildman–Crippen LogP) is 2.11. The molecule has 0 spiro atoms. The Hall–Kier alpha value is -1.73. The molecule has 6 nitrogen and oxygen atoms in total. The fraction of sp³-hybridized carbons (Fsp3) is 0.308. The summed E-state index contributed by atoms with van der Waals surface area (Å²) in [7, 11) is 0. The molecule has 0 radical (unpaired) electrons. The fourth-order valence-corrected chi connectivity index (χ4v) is 2.21. The van der Waals surface area contributed by atoms with E-state index in [-0.39, 0.29) is 23.4 Å². The topological polar surface area (TPSA) is 104 Å². The zero-order valence-electron chi connectivity index (χ0n) is 11.1. The van der Waals surface area contributed by atoms with Crippen LogP contribution < -0.4 is 5.32 Å². The minimum Gasteiger partial charge on any atom is -0.481 e. The van der Waals surface area contributed by atoms with E-state index in [1.807, 2.05) is 6.26 Å². The van der Waals surface area contributed by atoms with Crippen LogP contribution in [0.15, 0.2) is 23.1 Å². The molecule has 0 saturated carbocycles. The minimum atomic E-state index is -1.29. The van der Waals surface area contributed by atoms with Crippen molar-refractivity contribution in [1.82, 2.24) is 5.32 Å². The third kappa shape index (κ3) is 5.28. The largest absolute Gasteiger partial charge is 0.481 e. The second kappa shape index (κ2) is 7.90. The molecular formula is C13H14ClNO5S. The molecule has 1 aromatic carbocycles. The summed E-state index contributed by atoms with van der Waals surface area (Å²) in [5.74, 6) is -3.06. The van der Waals surface area contributed by atoms with Crippen LogP contribution in [0.1, 0.15) is 23.2 Å². The molecule has 1 rings (SSSR count). The summed E-state index contributed by atoms with van der Waals surface area (Å²) < 4.78 is 0. The SMILES string of the molecule is CSc1ccc(Cl)c(C(=O)N[C@H](CCC(=O)O)C(=O)O)c1. The first-order valence-corrected chi connectivity index (χ1v) is 7.54. The van der Waals surface area contributed by atoms with E-state index in [9.17, 15) is 14.4 Å². The second-order valence-corrected chi connectivity index (χ2v) is 5.43. The van der Waals surface area contributed by atoms with Crippen molar-refractivity contribution in [3.05, 3.63) is 28.8 Å². The number of amides is 1. The molecule has 0 heterocycles. The summed E-state index contributed by atoms with van der Waals surface area (Å²) in [6.07, 6.45) is 1.28. The quantitative estimate of drug-likeness (QED) is 0.661. The lowest BCUT2D eigenvalue weighted by molar-refractivity contribution is -0.140. The van der Waals surface area contributed by atoms with Crippen molar-refractivity contribution in [2.45, 2.75) is 23.8 Å². The first-order chi connectivity index (χ1) is 9.85. The van der Waals surface area contributed by atoms with E-state index in [2.05, 4.69) is 5.32 Å². The van der Waals surface area contributed by atoms with Gasteiger partial charge in [0.05, 0.1) is 10.6 Å². The van der Waals surface area contributed by atoms with Crippen molar-refractivity contribution in [2.24, 2.45) is 0 Å². The Morgan fingerprint density at radius 2 is 2.00 bits per heavy atom. The van der Waals surface area contributed by atoms with Crippen LogP contribution in [-0.2, 0) is 9.59 Å². The highest BCUT2D eigenvalue weighted by Gasteiger charge is 2.22. The third-order valence-corrected chi connectivity index (χ3v) is 3.72. The number of halogens is 1. The highest BCUT2D eigenvalue weighted by Crippen LogP contribution is 2.23. The number of benzene rings is 1. The Morgan fingerprint density at radius 3 is 2.52 bits per heavy atom. The number of hydrogen-bond donors (Lipinski definition) is 3. The van der Waals surface area contributed by atoms with E-state index in [1.54, 1.807) is 18.2 Å². The number of carbonyl (C=O) groups excluding carboxylic acids is 1. The average molecular weight is 332 g/mol. The molecule has 0 fully saturated rings. The molecule has 0 saturated heterocycles. The molecule has 1 amide bonds. The average Bonchev–Trinajstić information content (AvgIpc) is 2.43. The third-order valence-electron chi connectivity index (χ3n) is 2.67. The zero-order chi connectivity index (χ0) is 16.0. The molecule has 0 unspecified atom stereocenters. The smallest absolute Gasteiger partial charge is 0.326 e. The monoisotopic (exact) mass is 331 g/mol. The maximum Gasteiger partial charge on any atom is 0.326 e. The Labute approximate surface area is 130 Å². The highest BCUT2D eigenvalue weighted by molar-refractivity contribution is 7.98. The van der Waals surface area contributed by atoms with Gasteiger partial charge in [-0.25, -0.2) is 4.79 Å². The van der Waals surface area contributed by atoms with Crippen LogP contribution >= 0.6 is 23.4 Å². The van der Waals surface area contributed by atoms with Crippen LogP contribution in [0.5, 0.6) is 0 Å². The molecule has 8 heteroatoms. The van der Waals surface area contributed by atoms with Crippen molar-refractivity contribution in [3.63, 3.8) is 0 Å². The van der Waals surface area contributed by atoms with Gasteiger partial charge in [0.1, 0.15) is 6.04 Å². The number of carboxylic acids is 2. The molecule has 0 aliphatic carbocycles. The summed E-state index contributed by atoms with van der Waals surface area (Å²) in [5.41, 5.74) is 0.157. The number of rotatable bonds is 7. The van der Waals surface area contributed by atoms with E-state index >= 15 is 0 Å². The first-order valence-electron chi connectivity index (χ1n) is 5.94. The van der Waals surface area contributed by atoms with Gasteiger partial charge in [-0.3, -0.25) is 9.59 Å². The summed E-state index contributed by atoms with van der Waals surface area (Å²) >= 11 is 7.34. The van der Waals surface area contributed by atoms with Gasteiger partial charge in [-0.1, -0.05) is 11.6 Å². The molecule has 1 aromatic rings. The molecule has 114 valence electrons. The van der Waals surface area contributed by atoms with E-state index < -0.39 is 23.9 Å². The summed E-state index contributed by atoms with van der Waals surface area (Å²) in [4.78, 5) is 34.4. The highest BCUT2D eigenvalue weighted by atomic mass is 35.5.